The van der Waals surface area contributed by atoms with Gasteiger partial charge in [0.05, 0.1) is 30.2 Å². The van der Waals surface area contributed by atoms with E-state index in [0.29, 0.717) is 35.6 Å². The first-order chi connectivity index (χ1) is 16.7. The molecule has 1 spiro atoms. The van der Waals surface area contributed by atoms with Crippen molar-refractivity contribution in [3.63, 3.8) is 0 Å². The summed E-state index contributed by atoms with van der Waals surface area (Å²) in [6.07, 6.45) is 6.01. The highest BCUT2D eigenvalue weighted by atomic mass is 32.2. The minimum Gasteiger partial charge on any atom is -0.395 e. The number of sulfonamides is 1. The number of ether oxygens (including phenoxy) is 1. The van der Waals surface area contributed by atoms with E-state index >= 15 is 0 Å². The molecule has 2 aliphatic rings. The van der Waals surface area contributed by atoms with Crippen molar-refractivity contribution in [1.29, 1.82) is 0 Å². The first kappa shape index (κ1) is 25.1. The molecule has 0 unspecified atom stereocenters. The molecule has 0 atom stereocenters. The van der Waals surface area contributed by atoms with E-state index in [9.17, 15) is 18.0 Å². The summed E-state index contributed by atoms with van der Waals surface area (Å²) in [5, 5.41) is 11.8. The Morgan fingerprint density at radius 3 is 2.57 bits per heavy atom. The zero-order valence-electron chi connectivity index (χ0n) is 19.7. The van der Waals surface area contributed by atoms with Gasteiger partial charge in [-0.2, -0.15) is 0 Å². The minimum absolute atomic E-state index is 0.0878. The maximum absolute atomic E-state index is 13.3. The number of amides is 1. The molecule has 0 aromatic carbocycles. The number of nitrogens with zero attached hydrogens (tertiary/aromatic N) is 3. The van der Waals surface area contributed by atoms with Crippen LogP contribution in [0.4, 0.5) is 17.3 Å². The first-order valence-electron chi connectivity index (χ1n) is 11.6. The molecule has 1 saturated carbocycles. The fraction of sp³-hybridized carbons (Fsp3) is 0.522. The Morgan fingerprint density at radius 1 is 1.17 bits per heavy atom. The van der Waals surface area contributed by atoms with Gasteiger partial charge in [-0.3, -0.25) is 14.3 Å². The van der Waals surface area contributed by atoms with Crippen LogP contribution in [0.3, 0.4) is 0 Å². The quantitative estimate of drug-likeness (QED) is 0.438. The summed E-state index contributed by atoms with van der Waals surface area (Å²) in [6.45, 7) is 1.65. The van der Waals surface area contributed by atoms with Crippen LogP contribution < -0.4 is 20.5 Å². The summed E-state index contributed by atoms with van der Waals surface area (Å²) >= 11 is 0. The fourth-order valence-corrected chi connectivity index (χ4v) is 5.07. The number of rotatable bonds is 10. The Kier molecular flexibility index (Phi) is 7.43. The number of hydrogen-bond acceptors (Lipinski definition) is 8. The standard InChI is InChI=1S/C23H31N5O6S/c1-34-14-12-28-16-17(2-5-20(28)30)24-22(31)18-3-4-19(26-35(32,33)15-13-29)25-21(18)27-10-8-23(6-7-23)9-11-27/h2-5,16,29H,6-15H2,1H3,(H,24,31)(H,25,26). The third-order valence-corrected chi connectivity index (χ3v) is 7.84. The van der Waals surface area contributed by atoms with E-state index in [0.717, 1.165) is 25.9 Å². The van der Waals surface area contributed by atoms with Gasteiger partial charge in [-0.15, -0.1) is 0 Å². The number of carbonyl (C=O) groups is 1. The summed E-state index contributed by atoms with van der Waals surface area (Å²) < 4.78 is 33.1. The number of aliphatic hydroxyl groups excluding tert-OH is 1. The van der Waals surface area contributed by atoms with Crippen molar-refractivity contribution >= 4 is 33.3 Å². The third-order valence-electron chi connectivity index (χ3n) is 6.60. The lowest BCUT2D eigenvalue weighted by Gasteiger charge is -2.34. The van der Waals surface area contributed by atoms with E-state index in [4.69, 9.17) is 9.84 Å². The highest BCUT2D eigenvalue weighted by Crippen LogP contribution is 2.54. The van der Waals surface area contributed by atoms with Gasteiger partial charge in [-0.25, -0.2) is 13.4 Å². The van der Waals surface area contributed by atoms with Crippen LogP contribution in [0.25, 0.3) is 0 Å². The molecule has 4 rings (SSSR count). The second kappa shape index (κ2) is 10.3. The van der Waals surface area contributed by atoms with Gasteiger partial charge in [0.15, 0.2) is 0 Å². The number of methoxy groups -OCH3 is 1. The van der Waals surface area contributed by atoms with E-state index in [1.807, 2.05) is 4.90 Å². The number of aromatic nitrogens is 2. The van der Waals surface area contributed by atoms with Gasteiger partial charge >= 0.3 is 0 Å². The molecule has 1 aliphatic carbocycles. The first-order valence-corrected chi connectivity index (χ1v) is 13.3. The van der Waals surface area contributed by atoms with E-state index in [1.54, 1.807) is 13.3 Å². The van der Waals surface area contributed by atoms with E-state index in [1.165, 1.54) is 41.7 Å². The Labute approximate surface area is 204 Å². The number of carbonyl (C=O) groups excluding carboxylic acids is 1. The van der Waals surface area contributed by atoms with Crippen molar-refractivity contribution in [2.45, 2.75) is 32.2 Å². The van der Waals surface area contributed by atoms with Crippen LogP contribution in [-0.2, 0) is 21.3 Å². The third kappa shape index (κ3) is 6.19. The summed E-state index contributed by atoms with van der Waals surface area (Å²) in [6, 6.07) is 5.88. The summed E-state index contributed by atoms with van der Waals surface area (Å²) in [5.74, 6) is -0.377. The monoisotopic (exact) mass is 505 g/mol. The Balaban J connectivity index is 1.60. The molecule has 1 amide bonds. The maximum Gasteiger partial charge on any atom is 0.259 e. The molecular formula is C23H31N5O6S. The van der Waals surface area contributed by atoms with E-state index in [2.05, 4.69) is 15.0 Å². The summed E-state index contributed by atoms with van der Waals surface area (Å²) in [4.78, 5) is 31.8. The molecule has 3 N–H and O–H groups in total. The predicted octanol–water partition coefficient (Wildman–Crippen LogP) is 1.26. The van der Waals surface area contributed by atoms with Crippen molar-refractivity contribution in [1.82, 2.24) is 9.55 Å². The molecule has 190 valence electrons. The molecule has 35 heavy (non-hydrogen) atoms. The lowest BCUT2D eigenvalue weighted by Crippen LogP contribution is -2.36. The maximum atomic E-state index is 13.3. The Hall–Kier alpha value is -2.96. The van der Waals surface area contributed by atoms with Gasteiger partial charge in [-0.05, 0) is 49.3 Å². The van der Waals surface area contributed by atoms with Crippen LogP contribution in [0.15, 0.2) is 35.3 Å². The average Bonchev–Trinajstić information content (AvgIpc) is 3.58. The second-order valence-electron chi connectivity index (χ2n) is 9.10. The number of piperidine rings is 1. The van der Waals surface area contributed by atoms with Crippen LogP contribution in [0, 0.1) is 5.41 Å². The highest BCUT2D eigenvalue weighted by Gasteiger charge is 2.45. The van der Waals surface area contributed by atoms with Gasteiger partial charge in [0.1, 0.15) is 11.6 Å². The second-order valence-corrected chi connectivity index (χ2v) is 10.9. The smallest absolute Gasteiger partial charge is 0.259 e. The van der Waals surface area contributed by atoms with Crippen molar-refractivity contribution < 1.29 is 23.1 Å². The van der Waals surface area contributed by atoms with E-state index < -0.39 is 28.3 Å². The minimum atomic E-state index is -3.76. The van der Waals surface area contributed by atoms with Crippen molar-refractivity contribution in [3.05, 3.63) is 46.4 Å². The molecule has 1 aliphatic heterocycles. The number of anilines is 3. The Morgan fingerprint density at radius 2 is 1.91 bits per heavy atom. The van der Waals surface area contributed by atoms with Gasteiger partial charge in [0.25, 0.3) is 11.5 Å². The molecule has 0 bridgehead atoms. The van der Waals surface area contributed by atoms with Crippen LogP contribution >= 0.6 is 0 Å². The molecule has 1 saturated heterocycles. The molecule has 12 heteroatoms. The van der Waals surface area contributed by atoms with E-state index in [-0.39, 0.29) is 11.4 Å². The van der Waals surface area contributed by atoms with Gasteiger partial charge in [0, 0.05) is 39.0 Å². The molecule has 2 aromatic rings. The van der Waals surface area contributed by atoms with Crippen LogP contribution in [0.2, 0.25) is 0 Å². The molecule has 0 radical (unpaired) electrons. The molecule has 2 aromatic heterocycles. The van der Waals surface area contributed by atoms with Crippen LogP contribution in [-0.4, -0.2) is 68.1 Å². The van der Waals surface area contributed by atoms with Gasteiger partial charge in [0.2, 0.25) is 10.0 Å². The lowest BCUT2D eigenvalue weighted by molar-refractivity contribution is 0.102. The lowest BCUT2D eigenvalue weighted by atomic mass is 9.93. The molecule has 2 fully saturated rings. The summed E-state index contributed by atoms with van der Waals surface area (Å²) in [7, 11) is -2.22. The van der Waals surface area contributed by atoms with Crippen molar-refractivity contribution in [3.8, 4) is 0 Å². The van der Waals surface area contributed by atoms with Gasteiger partial charge < -0.3 is 24.6 Å². The fourth-order valence-electron chi connectivity index (χ4n) is 4.29. The average molecular weight is 506 g/mol. The SMILES string of the molecule is COCCn1cc(NC(=O)c2ccc(NS(=O)(=O)CCO)nc2N2CCC3(CC2)CC3)ccc1=O. The van der Waals surface area contributed by atoms with Crippen molar-refractivity contribution in [2.24, 2.45) is 5.41 Å². The predicted molar refractivity (Wildman–Crippen MR) is 132 cm³/mol. The highest BCUT2D eigenvalue weighted by molar-refractivity contribution is 7.92. The van der Waals surface area contributed by atoms with Gasteiger partial charge in [-0.1, -0.05) is 0 Å². The topological polar surface area (TPSA) is 143 Å². The molecular weight excluding hydrogens is 474 g/mol. The summed E-state index contributed by atoms with van der Waals surface area (Å²) in [5.41, 5.74) is 0.954. The largest absolute Gasteiger partial charge is 0.395 e. The van der Waals surface area contributed by atoms with Crippen molar-refractivity contribution in [2.75, 3.05) is 54.1 Å². The van der Waals surface area contributed by atoms with Crippen LogP contribution in [0.1, 0.15) is 36.0 Å². The zero-order chi connectivity index (χ0) is 25.1. The molecule has 11 nitrogen and oxygen atoms in total. The Bertz CT molecular complexity index is 1230. The number of pyridine rings is 2. The number of hydrogen-bond donors (Lipinski definition) is 3. The normalized spacial score (nSPS) is 16.8. The molecule has 3 heterocycles. The number of nitrogens with one attached hydrogen (secondary N) is 2. The van der Waals surface area contributed by atoms with Crippen LogP contribution in [0.5, 0.6) is 0 Å². The zero-order valence-corrected chi connectivity index (χ0v) is 20.5. The number of aliphatic hydroxyl groups is 1.